The van der Waals surface area contributed by atoms with Gasteiger partial charge in [0.1, 0.15) is 11.3 Å². The zero-order valence-electron chi connectivity index (χ0n) is 15.7. The van der Waals surface area contributed by atoms with Crippen LogP contribution in [-0.2, 0) is 6.54 Å². The smallest absolute Gasteiger partial charge is 0.269 e. The van der Waals surface area contributed by atoms with E-state index >= 15 is 0 Å². The van der Waals surface area contributed by atoms with Crippen molar-refractivity contribution in [3.05, 3.63) is 57.2 Å². The fraction of sp³-hybridized carbons (Fsp3) is 0.286. The summed E-state index contributed by atoms with van der Waals surface area (Å²) in [5.74, 6) is 1.35. The lowest BCUT2D eigenvalue weighted by atomic mass is 10.2. The van der Waals surface area contributed by atoms with Gasteiger partial charge in [0.2, 0.25) is 11.1 Å². The van der Waals surface area contributed by atoms with Crippen molar-refractivity contribution >= 4 is 22.1 Å². The molecular formula is C21H20N2O5. The summed E-state index contributed by atoms with van der Waals surface area (Å²) in [4.78, 5) is 30.7. The predicted molar refractivity (Wildman–Crippen MR) is 106 cm³/mol. The van der Waals surface area contributed by atoms with Crippen molar-refractivity contribution in [1.29, 1.82) is 0 Å². The van der Waals surface area contributed by atoms with Crippen molar-refractivity contribution in [2.45, 2.75) is 32.7 Å². The second kappa shape index (κ2) is 7.34. The third-order valence-electron chi connectivity index (χ3n) is 4.73. The summed E-state index contributed by atoms with van der Waals surface area (Å²) in [5, 5.41) is 0.266. The Morgan fingerprint density at radius 3 is 2.75 bits per heavy atom. The third kappa shape index (κ3) is 2.98. The van der Waals surface area contributed by atoms with Gasteiger partial charge in [-0.3, -0.25) is 14.2 Å². The van der Waals surface area contributed by atoms with Crippen LogP contribution in [0.3, 0.4) is 0 Å². The van der Waals surface area contributed by atoms with Gasteiger partial charge in [0, 0.05) is 12.6 Å². The van der Waals surface area contributed by atoms with E-state index in [2.05, 4.69) is 11.9 Å². The van der Waals surface area contributed by atoms with Crippen LogP contribution in [0.5, 0.6) is 5.75 Å². The molecule has 0 aliphatic heterocycles. The zero-order chi connectivity index (χ0) is 19.7. The molecule has 0 unspecified atom stereocenters. The van der Waals surface area contributed by atoms with E-state index in [0.29, 0.717) is 34.8 Å². The van der Waals surface area contributed by atoms with E-state index in [0.717, 1.165) is 19.3 Å². The molecule has 28 heavy (non-hydrogen) atoms. The summed E-state index contributed by atoms with van der Waals surface area (Å²) in [5.41, 5.74) is -0.502. The summed E-state index contributed by atoms with van der Waals surface area (Å²) in [7, 11) is 1.53. The van der Waals surface area contributed by atoms with Gasteiger partial charge in [0.25, 0.3) is 5.56 Å². The molecule has 0 fully saturated rings. The molecule has 0 bridgehead atoms. The molecule has 7 nitrogen and oxygen atoms in total. The number of hydrogen-bond donors (Lipinski definition) is 0. The summed E-state index contributed by atoms with van der Waals surface area (Å²) >= 11 is 0. The second-order valence-corrected chi connectivity index (χ2v) is 6.55. The van der Waals surface area contributed by atoms with Crippen LogP contribution in [0.25, 0.3) is 33.7 Å². The third-order valence-corrected chi connectivity index (χ3v) is 4.73. The Morgan fingerprint density at radius 1 is 1.18 bits per heavy atom. The van der Waals surface area contributed by atoms with Gasteiger partial charge in [-0.2, -0.15) is 4.98 Å². The molecule has 144 valence electrons. The molecule has 0 saturated heterocycles. The van der Waals surface area contributed by atoms with E-state index in [1.807, 2.05) is 0 Å². The molecule has 1 aromatic carbocycles. The maximum atomic E-state index is 13.2. The Kier molecular flexibility index (Phi) is 4.73. The first-order chi connectivity index (χ1) is 13.6. The molecular weight excluding hydrogens is 360 g/mol. The van der Waals surface area contributed by atoms with E-state index in [4.69, 9.17) is 13.6 Å². The van der Waals surface area contributed by atoms with Crippen molar-refractivity contribution in [3.8, 4) is 17.3 Å². The van der Waals surface area contributed by atoms with Gasteiger partial charge in [-0.1, -0.05) is 19.8 Å². The van der Waals surface area contributed by atoms with E-state index in [-0.39, 0.29) is 11.1 Å². The Bertz CT molecular complexity index is 1250. The lowest BCUT2D eigenvalue weighted by Crippen LogP contribution is -2.27. The van der Waals surface area contributed by atoms with Gasteiger partial charge in [0.15, 0.2) is 17.0 Å². The van der Waals surface area contributed by atoms with Gasteiger partial charge >= 0.3 is 0 Å². The Labute approximate surface area is 160 Å². The van der Waals surface area contributed by atoms with Crippen LogP contribution < -0.4 is 15.7 Å². The molecule has 0 spiro atoms. The number of benzene rings is 1. The topological polar surface area (TPSA) is 87.5 Å². The van der Waals surface area contributed by atoms with Crippen LogP contribution in [-0.4, -0.2) is 16.7 Å². The van der Waals surface area contributed by atoms with Gasteiger partial charge in [0.05, 0.1) is 18.8 Å². The first-order valence-electron chi connectivity index (χ1n) is 9.23. The highest BCUT2D eigenvalue weighted by atomic mass is 16.5. The molecule has 0 aliphatic carbocycles. The van der Waals surface area contributed by atoms with Gasteiger partial charge in [-0.25, -0.2) is 0 Å². The average molecular weight is 380 g/mol. The zero-order valence-corrected chi connectivity index (χ0v) is 15.7. The Morgan fingerprint density at radius 2 is 2.04 bits per heavy atom. The van der Waals surface area contributed by atoms with Crippen molar-refractivity contribution in [2.75, 3.05) is 7.11 Å². The van der Waals surface area contributed by atoms with Crippen molar-refractivity contribution in [2.24, 2.45) is 0 Å². The molecule has 0 amide bonds. The second-order valence-electron chi connectivity index (χ2n) is 6.55. The van der Waals surface area contributed by atoms with Crippen LogP contribution in [0.15, 0.2) is 55.0 Å². The number of aromatic nitrogens is 2. The highest BCUT2D eigenvalue weighted by molar-refractivity contribution is 5.88. The van der Waals surface area contributed by atoms with E-state index in [1.54, 1.807) is 30.3 Å². The van der Waals surface area contributed by atoms with Gasteiger partial charge in [-0.05, 0) is 30.7 Å². The number of ether oxygens (including phenoxy) is 1. The fourth-order valence-corrected chi connectivity index (χ4v) is 3.26. The van der Waals surface area contributed by atoms with Crippen LogP contribution in [0.1, 0.15) is 26.2 Å². The first kappa shape index (κ1) is 18.0. The normalized spacial score (nSPS) is 11.4. The van der Waals surface area contributed by atoms with Crippen molar-refractivity contribution < 1.29 is 13.6 Å². The number of unbranched alkanes of at least 4 members (excludes halogenated alkanes) is 2. The number of methoxy groups -OCH3 is 1. The Hall–Kier alpha value is -3.35. The van der Waals surface area contributed by atoms with Crippen molar-refractivity contribution in [3.63, 3.8) is 0 Å². The SMILES string of the molecule is CCCCCn1c(-c2ccco2)nc2oc3cc(OC)ccc3c(=O)c2c1=O. The van der Waals surface area contributed by atoms with E-state index in [9.17, 15) is 9.59 Å². The monoisotopic (exact) mass is 380 g/mol. The molecule has 4 rings (SSSR count). The molecule has 4 aromatic rings. The minimum Gasteiger partial charge on any atom is -0.497 e. The summed E-state index contributed by atoms with van der Waals surface area (Å²) < 4.78 is 18.0. The molecule has 0 N–H and O–H groups in total. The summed E-state index contributed by atoms with van der Waals surface area (Å²) in [6.45, 7) is 2.54. The summed E-state index contributed by atoms with van der Waals surface area (Å²) in [6.07, 6.45) is 4.30. The molecule has 3 aromatic heterocycles. The quantitative estimate of drug-likeness (QED) is 0.372. The largest absolute Gasteiger partial charge is 0.497 e. The molecule has 3 heterocycles. The molecule has 0 saturated carbocycles. The molecule has 0 atom stereocenters. The van der Waals surface area contributed by atoms with Crippen LogP contribution in [0, 0.1) is 0 Å². The minimum atomic E-state index is -0.418. The van der Waals surface area contributed by atoms with Crippen LogP contribution in [0.4, 0.5) is 0 Å². The highest BCUT2D eigenvalue weighted by Gasteiger charge is 2.20. The summed E-state index contributed by atoms with van der Waals surface area (Å²) in [6, 6.07) is 8.32. The standard InChI is InChI=1S/C21H20N2O5/c1-3-4-5-10-23-19(15-7-6-11-27-15)22-20-17(21(23)25)18(24)14-9-8-13(26-2)12-16(14)28-20/h6-9,11-12H,3-5,10H2,1-2H3. The molecule has 0 aliphatic rings. The highest BCUT2D eigenvalue weighted by Crippen LogP contribution is 2.23. The number of furan rings is 1. The number of nitrogens with zero attached hydrogens (tertiary/aromatic N) is 2. The number of rotatable bonds is 6. The first-order valence-corrected chi connectivity index (χ1v) is 9.23. The predicted octanol–water partition coefficient (Wildman–Crippen LogP) is 3.96. The van der Waals surface area contributed by atoms with Gasteiger partial charge in [-0.15, -0.1) is 0 Å². The Balaban J connectivity index is 2.04. The lowest BCUT2D eigenvalue weighted by Gasteiger charge is -2.11. The molecule has 7 heteroatoms. The van der Waals surface area contributed by atoms with E-state index < -0.39 is 11.0 Å². The van der Waals surface area contributed by atoms with Gasteiger partial charge < -0.3 is 13.6 Å². The van der Waals surface area contributed by atoms with Crippen molar-refractivity contribution in [1.82, 2.24) is 9.55 Å². The molecule has 0 radical (unpaired) electrons. The lowest BCUT2D eigenvalue weighted by molar-refractivity contribution is 0.414. The average Bonchev–Trinajstić information content (AvgIpc) is 3.23. The van der Waals surface area contributed by atoms with E-state index in [1.165, 1.54) is 17.9 Å². The maximum absolute atomic E-state index is 13.2. The number of hydrogen-bond acceptors (Lipinski definition) is 6. The van der Waals surface area contributed by atoms with Crippen LogP contribution >= 0.6 is 0 Å². The number of fused-ring (bicyclic) bond motifs is 2. The maximum Gasteiger partial charge on any atom is 0.269 e. The van der Waals surface area contributed by atoms with Crippen LogP contribution in [0.2, 0.25) is 0 Å². The minimum absolute atomic E-state index is 0.00565. The fourth-order valence-electron chi connectivity index (χ4n) is 3.26.